The van der Waals surface area contributed by atoms with Crippen molar-refractivity contribution in [3.05, 3.63) is 65.2 Å². The zero-order chi connectivity index (χ0) is 13.1. The molecule has 19 heavy (non-hydrogen) atoms. The van der Waals surface area contributed by atoms with Gasteiger partial charge >= 0.3 is 0 Å². The lowest BCUT2D eigenvalue weighted by Crippen LogP contribution is -2.26. The van der Waals surface area contributed by atoms with Gasteiger partial charge < -0.3 is 10.1 Å². The Morgan fingerprint density at radius 1 is 1.11 bits per heavy atom. The maximum absolute atomic E-state index is 5.68. The molecule has 0 aliphatic carbocycles. The standard InChI is InChI=1S/C17H19NO/c1-13-6-8-14(9-7-13)12-18-16-10-11-19-17-5-3-2-4-15(16)17/h2-9,16,18H,10-12H2,1H3. The minimum Gasteiger partial charge on any atom is -0.493 e. The molecule has 0 spiro atoms. The topological polar surface area (TPSA) is 21.3 Å². The van der Waals surface area contributed by atoms with Crippen LogP contribution in [-0.4, -0.2) is 6.61 Å². The van der Waals surface area contributed by atoms with Gasteiger partial charge in [0.25, 0.3) is 0 Å². The Hall–Kier alpha value is -1.80. The van der Waals surface area contributed by atoms with E-state index in [4.69, 9.17) is 4.74 Å². The van der Waals surface area contributed by atoms with E-state index >= 15 is 0 Å². The molecule has 3 rings (SSSR count). The van der Waals surface area contributed by atoms with Crippen LogP contribution in [0.2, 0.25) is 0 Å². The van der Waals surface area contributed by atoms with E-state index in [0.717, 1.165) is 25.3 Å². The van der Waals surface area contributed by atoms with Crippen molar-refractivity contribution in [1.82, 2.24) is 5.32 Å². The molecule has 0 aromatic heterocycles. The first-order valence-electron chi connectivity index (χ1n) is 6.83. The van der Waals surface area contributed by atoms with Crippen LogP contribution in [0, 0.1) is 6.92 Å². The summed E-state index contributed by atoms with van der Waals surface area (Å²) in [7, 11) is 0. The van der Waals surface area contributed by atoms with E-state index in [1.54, 1.807) is 0 Å². The Kier molecular flexibility index (Phi) is 3.51. The average Bonchev–Trinajstić information content (AvgIpc) is 2.47. The van der Waals surface area contributed by atoms with Crippen LogP contribution in [0.1, 0.15) is 29.2 Å². The smallest absolute Gasteiger partial charge is 0.124 e. The molecular formula is C17H19NO. The Morgan fingerprint density at radius 2 is 1.89 bits per heavy atom. The summed E-state index contributed by atoms with van der Waals surface area (Å²) in [6.45, 7) is 3.81. The molecule has 98 valence electrons. The summed E-state index contributed by atoms with van der Waals surface area (Å²) in [5.41, 5.74) is 3.91. The number of hydrogen-bond acceptors (Lipinski definition) is 2. The lowest BCUT2D eigenvalue weighted by molar-refractivity contribution is 0.252. The van der Waals surface area contributed by atoms with Crippen molar-refractivity contribution in [3.63, 3.8) is 0 Å². The molecule has 0 saturated carbocycles. The molecule has 2 aromatic carbocycles. The molecule has 0 radical (unpaired) electrons. The highest BCUT2D eigenvalue weighted by molar-refractivity contribution is 5.37. The summed E-state index contributed by atoms with van der Waals surface area (Å²) < 4.78 is 5.68. The Labute approximate surface area is 114 Å². The first kappa shape index (κ1) is 12.2. The minimum absolute atomic E-state index is 0.395. The number of benzene rings is 2. The van der Waals surface area contributed by atoms with Crippen molar-refractivity contribution in [3.8, 4) is 5.75 Å². The number of hydrogen-bond donors (Lipinski definition) is 1. The van der Waals surface area contributed by atoms with E-state index in [9.17, 15) is 0 Å². The zero-order valence-electron chi connectivity index (χ0n) is 11.2. The first-order chi connectivity index (χ1) is 9.33. The van der Waals surface area contributed by atoms with E-state index in [0.29, 0.717) is 6.04 Å². The van der Waals surface area contributed by atoms with Crippen molar-refractivity contribution in [2.75, 3.05) is 6.61 Å². The highest BCUT2D eigenvalue weighted by atomic mass is 16.5. The normalized spacial score (nSPS) is 17.6. The molecule has 0 fully saturated rings. The van der Waals surface area contributed by atoms with Crippen molar-refractivity contribution in [2.45, 2.75) is 25.9 Å². The highest BCUT2D eigenvalue weighted by Crippen LogP contribution is 2.31. The minimum atomic E-state index is 0.395. The Morgan fingerprint density at radius 3 is 2.74 bits per heavy atom. The van der Waals surface area contributed by atoms with Crippen LogP contribution >= 0.6 is 0 Å². The summed E-state index contributed by atoms with van der Waals surface area (Å²) in [5, 5.41) is 3.63. The fourth-order valence-corrected chi connectivity index (χ4v) is 2.50. The van der Waals surface area contributed by atoms with Gasteiger partial charge in [-0.1, -0.05) is 48.0 Å². The maximum Gasteiger partial charge on any atom is 0.124 e. The molecule has 1 aliphatic heterocycles. The molecule has 1 heterocycles. The lowest BCUT2D eigenvalue weighted by atomic mass is 10.0. The summed E-state index contributed by atoms with van der Waals surface area (Å²) >= 11 is 0. The predicted molar refractivity (Wildman–Crippen MR) is 77.3 cm³/mol. The van der Waals surface area contributed by atoms with E-state index in [1.807, 2.05) is 6.07 Å². The molecule has 0 bridgehead atoms. The first-order valence-corrected chi connectivity index (χ1v) is 6.83. The quantitative estimate of drug-likeness (QED) is 0.902. The average molecular weight is 253 g/mol. The third-order valence-electron chi connectivity index (χ3n) is 3.63. The van der Waals surface area contributed by atoms with E-state index in [1.165, 1.54) is 16.7 Å². The monoisotopic (exact) mass is 253 g/mol. The van der Waals surface area contributed by atoms with Crippen LogP contribution in [0.5, 0.6) is 5.75 Å². The number of fused-ring (bicyclic) bond motifs is 1. The number of rotatable bonds is 3. The van der Waals surface area contributed by atoms with Gasteiger partial charge in [-0.3, -0.25) is 0 Å². The second kappa shape index (κ2) is 5.45. The predicted octanol–water partition coefficient (Wildman–Crippen LogP) is 3.61. The maximum atomic E-state index is 5.68. The molecule has 1 N–H and O–H groups in total. The molecule has 0 amide bonds. The third kappa shape index (κ3) is 2.79. The van der Waals surface area contributed by atoms with Crippen LogP contribution in [0.25, 0.3) is 0 Å². The summed E-state index contributed by atoms with van der Waals surface area (Å²) in [6.07, 6.45) is 1.03. The van der Waals surface area contributed by atoms with Crippen molar-refractivity contribution in [1.29, 1.82) is 0 Å². The molecule has 1 unspecified atom stereocenters. The Bertz CT molecular complexity index is 547. The van der Waals surface area contributed by atoms with Crippen molar-refractivity contribution in [2.24, 2.45) is 0 Å². The third-order valence-corrected chi connectivity index (χ3v) is 3.63. The van der Waals surface area contributed by atoms with Gasteiger partial charge in [0.05, 0.1) is 6.61 Å². The molecule has 0 saturated heterocycles. The number of aryl methyl sites for hydroxylation is 1. The molecule has 1 atom stereocenters. The van der Waals surface area contributed by atoms with Gasteiger partial charge in [-0.2, -0.15) is 0 Å². The summed E-state index contributed by atoms with van der Waals surface area (Å²) in [6, 6.07) is 17.4. The van der Waals surface area contributed by atoms with Gasteiger partial charge in [-0.25, -0.2) is 0 Å². The zero-order valence-corrected chi connectivity index (χ0v) is 11.2. The van der Waals surface area contributed by atoms with Gasteiger partial charge in [0.2, 0.25) is 0 Å². The Balaban J connectivity index is 1.69. The SMILES string of the molecule is Cc1ccc(CNC2CCOc3ccccc32)cc1. The lowest BCUT2D eigenvalue weighted by Gasteiger charge is -2.26. The highest BCUT2D eigenvalue weighted by Gasteiger charge is 2.20. The fraction of sp³-hybridized carbons (Fsp3) is 0.294. The van der Waals surface area contributed by atoms with E-state index in [-0.39, 0.29) is 0 Å². The summed E-state index contributed by atoms with van der Waals surface area (Å²) in [4.78, 5) is 0. The summed E-state index contributed by atoms with van der Waals surface area (Å²) in [5.74, 6) is 1.02. The van der Waals surface area contributed by atoms with Gasteiger partial charge in [-0.05, 0) is 18.6 Å². The van der Waals surface area contributed by atoms with Crippen LogP contribution in [0.4, 0.5) is 0 Å². The number of nitrogens with one attached hydrogen (secondary N) is 1. The molecule has 2 heteroatoms. The molecule has 1 aliphatic rings. The van der Waals surface area contributed by atoms with Gasteiger partial charge in [0.15, 0.2) is 0 Å². The van der Waals surface area contributed by atoms with Crippen molar-refractivity contribution >= 4 is 0 Å². The molecule has 2 aromatic rings. The van der Waals surface area contributed by atoms with Crippen LogP contribution in [-0.2, 0) is 6.54 Å². The fourth-order valence-electron chi connectivity index (χ4n) is 2.50. The second-order valence-corrected chi connectivity index (χ2v) is 5.09. The molecule has 2 nitrogen and oxygen atoms in total. The van der Waals surface area contributed by atoms with Crippen LogP contribution in [0.15, 0.2) is 48.5 Å². The second-order valence-electron chi connectivity index (χ2n) is 5.09. The van der Waals surface area contributed by atoms with Crippen LogP contribution < -0.4 is 10.1 Å². The van der Waals surface area contributed by atoms with Crippen LogP contribution in [0.3, 0.4) is 0 Å². The molecular weight excluding hydrogens is 234 g/mol. The van der Waals surface area contributed by atoms with Gasteiger partial charge in [-0.15, -0.1) is 0 Å². The van der Waals surface area contributed by atoms with E-state index in [2.05, 4.69) is 54.7 Å². The number of para-hydroxylation sites is 1. The largest absolute Gasteiger partial charge is 0.493 e. The number of ether oxygens (including phenoxy) is 1. The van der Waals surface area contributed by atoms with Gasteiger partial charge in [0.1, 0.15) is 5.75 Å². The van der Waals surface area contributed by atoms with Crippen molar-refractivity contribution < 1.29 is 4.74 Å². The van der Waals surface area contributed by atoms with E-state index < -0.39 is 0 Å². The van der Waals surface area contributed by atoms with Gasteiger partial charge in [0, 0.05) is 24.6 Å².